The van der Waals surface area contributed by atoms with Gasteiger partial charge in [0.1, 0.15) is 5.69 Å². The summed E-state index contributed by atoms with van der Waals surface area (Å²) in [5.41, 5.74) is 6.86. The van der Waals surface area contributed by atoms with Crippen LogP contribution >= 0.6 is 23.2 Å². The molecule has 0 atom stereocenters. The Morgan fingerprint density at radius 1 is 1.21 bits per heavy atom. The lowest BCUT2D eigenvalue weighted by Gasteiger charge is -1.99. The highest BCUT2D eigenvalue weighted by molar-refractivity contribution is 6.42. The molecule has 0 bridgehead atoms. The number of nitrogen functional groups attached to an aromatic ring is 1. The molecule has 2 N–H and O–H groups in total. The first-order chi connectivity index (χ1) is 6.68. The van der Waals surface area contributed by atoms with E-state index in [2.05, 4.69) is 5.16 Å². The molecule has 2 aromatic rings. The van der Waals surface area contributed by atoms with E-state index < -0.39 is 0 Å². The van der Waals surface area contributed by atoms with Crippen LogP contribution in [0.15, 0.2) is 28.9 Å². The number of rotatable bonds is 1. The molecule has 14 heavy (non-hydrogen) atoms. The highest BCUT2D eigenvalue weighted by atomic mass is 35.5. The van der Waals surface area contributed by atoms with Crippen LogP contribution in [0.4, 0.5) is 5.69 Å². The quantitative estimate of drug-likeness (QED) is 0.816. The lowest BCUT2D eigenvalue weighted by Crippen LogP contribution is -1.84. The van der Waals surface area contributed by atoms with E-state index in [9.17, 15) is 0 Å². The van der Waals surface area contributed by atoms with Crippen molar-refractivity contribution in [2.24, 2.45) is 0 Å². The summed E-state index contributed by atoms with van der Waals surface area (Å²) in [4.78, 5) is 0. The van der Waals surface area contributed by atoms with Crippen molar-refractivity contribution in [2.45, 2.75) is 0 Å². The number of aromatic nitrogens is 1. The summed E-state index contributed by atoms with van der Waals surface area (Å²) in [6.07, 6.45) is 1.44. The van der Waals surface area contributed by atoms with E-state index in [1.54, 1.807) is 18.2 Å². The summed E-state index contributed by atoms with van der Waals surface area (Å²) in [5, 5.41) is 4.53. The molecule has 72 valence electrons. The maximum atomic E-state index is 5.85. The Kier molecular flexibility index (Phi) is 2.35. The smallest absolute Gasteiger partial charge is 0.189 e. The van der Waals surface area contributed by atoms with Crippen LogP contribution in [0.5, 0.6) is 0 Å². The van der Waals surface area contributed by atoms with Gasteiger partial charge in [0.15, 0.2) is 5.76 Å². The van der Waals surface area contributed by atoms with Gasteiger partial charge in [-0.05, 0) is 18.2 Å². The van der Waals surface area contributed by atoms with Crippen LogP contribution in [0.1, 0.15) is 0 Å². The van der Waals surface area contributed by atoms with Crippen LogP contribution in [-0.2, 0) is 0 Å². The van der Waals surface area contributed by atoms with E-state index in [1.807, 2.05) is 0 Å². The first-order valence-electron chi connectivity index (χ1n) is 3.84. The SMILES string of the molecule is Nc1cnoc1-c1ccc(Cl)c(Cl)c1. The Bertz CT molecular complexity index is 468. The summed E-state index contributed by atoms with van der Waals surface area (Å²) in [6.45, 7) is 0. The fourth-order valence-electron chi connectivity index (χ4n) is 1.10. The average molecular weight is 229 g/mol. The summed E-state index contributed by atoms with van der Waals surface area (Å²) >= 11 is 11.6. The summed E-state index contributed by atoms with van der Waals surface area (Å²) in [7, 11) is 0. The first kappa shape index (κ1) is 9.37. The van der Waals surface area contributed by atoms with Gasteiger partial charge in [0.25, 0.3) is 0 Å². The molecule has 0 amide bonds. The van der Waals surface area contributed by atoms with Gasteiger partial charge in [0, 0.05) is 5.56 Å². The van der Waals surface area contributed by atoms with Crippen molar-refractivity contribution in [3.05, 3.63) is 34.4 Å². The van der Waals surface area contributed by atoms with Crippen molar-refractivity contribution in [1.29, 1.82) is 0 Å². The number of benzene rings is 1. The predicted octanol–water partition coefficient (Wildman–Crippen LogP) is 3.23. The molecule has 0 spiro atoms. The number of hydrogen-bond donors (Lipinski definition) is 1. The molecule has 1 aromatic heterocycles. The summed E-state index contributed by atoms with van der Waals surface area (Å²) in [5.74, 6) is 0.503. The molecule has 0 saturated heterocycles. The maximum Gasteiger partial charge on any atom is 0.189 e. The third-order valence-electron chi connectivity index (χ3n) is 1.78. The van der Waals surface area contributed by atoms with Crippen molar-refractivity contribution in [3.8, 4) is 11.3 Å². The zero-order valence-corrected chi connectivity index (χ0v) is 8.51. The zero-order valence-electron chi connectivity index (χ0n) is 7.00. The third kappa shape index (κ3) is 1.56. The first-order valence-corrected chi connectivity index (χ1v) is 4.59. The fourth-order valence-corrected chi connectivity index (χ4v) is 1.40. The van der Waals surface area contributed by atoms with Crippen molar-refractivity contribution < 1.29 is 4.52 Å². The monoisotopic (exact) mass is 228 g/mol. The Morgan fingerprint density at radius 3 is 2.57 bits per heavy atom. The number of hydrogen-bond acceptors (Lipinski definition) is 3. The van der Waals surface area contributed by atoms with E-state index in [4.69, 9.17) is 33.5 Å². The van der Waals surface area contributed by atoms with Crippen LogP contribution in [0.3, 0.4) is 0 Å². The standard InChI is InChI=1S/C9H6Cl2N2O/c10-6-2-1-5(3-7(6)11)9-8(12)4-13-14-9/h1-4H,12H2. The van der Waals surface area contributed by atoms with Gasteiger partial charge in [0.2, 0.25) is 0 Å². The van der Waals surface area contributed by atoms with E-state index in [-0.39, 0.29) is 0 Å². The largest absolute Gasteiger partial charge is 0.394 e. The molecule has 0 aliphatic carbocycles. The summed E-state index contributed by atoms with van der Waals surface area (Å²) < 4.78 is 4.97. The molecule has 0 fully saturated rings. The minimum atomic E-state index is 0.458. The molecule has 2 rings (SSSR count). The van der Waals surface area contributed by atoms with Gasteiger partial charge in [-0.25, -0.2) is 0 Å². The average Bonchev–Trinajstić information content (AvgIpc) is 2.57. The number of nitrogens with two attached hydrogens (primary N) is 1. The van der Waals surface area contributed by atoms with Crippen molar-refractivity contribution >= 4 is 28.9 Å². The molecule has 5 heteroatoms. The van der Waals surface area contributed by atoms with Crippen molar-refractivity contribution in [2.75, 3.05) is 5.73 Å². The van der Waals surface area contributed by atoms with Gasteiger partial charge < -0.3 is 10.3 Å². The van der Waals surface area contributed by atoms with Gasteiger partial charge in [-0.2, -0.15) is 0 Å². The second-order valence-corrected chi connectivity index (χ2v) is 3.55. The normalized spacial score (nSPS) is 10.4. The molecular formula is C9H6Cl2N2O. The van der Waals surface area contributed by atoms with Gasteiger partial charge in [-0.3, -0.25) is 0 Å². The molecule has 0 aliphatic rings. The molecule has 0 aliphatic heterocycles. The third-order valence-corrected chi connectivity index (χ3v) is 2.52. The lowest BCUT2D eigenvalue weighted by atomic mass is 10.1. The molecule has 1 heterocycles. The zero-order chi connectivity index (χ0) is 10.1. The second kappa shape index (κ2) is 3.52. The highest BCUT2D eigenvalue weighted by Crippen LogP contribution is 2.31. The van der Waals surface area contributed by atoms with Crippen molar-refractivity contribution in [1.82, 2.24) is 5.16 Å². The van der Waals surface area contributed by atoms with Crippen LogP contribution in [0.2, 0.25) is 10.0 Å². The molecule has 3 nitrogen and oxygen atoms in total. The molecular weight excluding hydrogens is 223 g/mol. The predicted molar refractivity (Wildman–Crippen MR) is 56.4 cm³/mol. The summed E-state index contributed by atoms with van der Waals surface area (Å²) in [6, 6.07) is 5.13. The molecule has 0 unspecified atom stereocenters. The van der Waals surface area contributed by atoms with E-state index in [1.165, 1.54) is 6.20 Å². The Morgan fingerprint density at radius 2 is 2.00 bits per heavy atom. The van der Waals surface area contributed by atoms with Gasteiger partial charge >= 0.3 is 0 Å². The van der Waals surface area contributed by atoms with Crippen LogP contribution in [0, 0.1) is 0 Å². The molecule has 0 radical (unpaired) electrons. The van der Waals surface area contributed by atoms with E-state index >= 15 is 0 Å². The number of nitrogens with zero attached hydrogens (tertiary/aromatic N) is 1. The topological polar surface area (TPSA) is 52.0 Å². The Labute approximate surface area is 90.4 Å². The van der Waals surface area contributed by atoms with Crippen LogP contribution < -0.4 is 5.73 Å². The van der Waals surface area contributed by atoms with Crippen LogP contribution in [0.25, 0.3) is 11.3 Å². The fraction of sp³-hybridized carbons (Fsp3) is 0. The van der Waals surface area contributed by atoms with Gasteiger partial charge in [-0.15, -0.1) is 0 Å². The number of halogens is 2. The molecule has 1 aromatic carbocycles. The minimum absolute atomic E-state index is 0.458. The highest BCUT2D eigenvalue weighted by Gasteiger charge is 2.09. The number of anilines is 1. The van der Waals surface area contributed by atoms with Crippen molar-refractivity contribution in [3.63, 3.8) is 0 Å². The van der Waals surface area contributed by atoms with E-state index in [0.717, 1.165) is 5.56 Å². The Balaban J connectivity index is 2.53. The van der Waals surface area contributed by atoms with Gasteiger partial charge in [-0.1, -0.05) is 28.4 Å². The van der Waals surface area contributed by atoms with Crippen LogP contribution in [-0.4, -0.2) is 5.16 Å². The van der Waals surface area contributed by atoms with E-state index in [0.29, 0.717) is 21.5 Å². The molecule has 0 saturated carbocycles. The second-order valence-electron chi connectivity index (χ2n) is 2.74. The maximum absolute atomic E-state index is 5.85. The lowest BCUT2D eigenvalue weighted by molar-refractivity contribution is 0.432. The Hall–Kier alpha value is -1.19. The van der Waals surface area contributed by atoms with Gasteiger partial charge in [0.05, 0.1) is 16.2 Å². The minimum Gasteiger partial charge on any atom is -0.394 e.